The first-order chi connectivity index (χ1) is 19.4. The van der Waals surface area contributed by atoms with Gasteiger partial charge in [-0.05, 0) is 64.2 Å². The molecule has 0 saturated carbocycles. The van der Waals surface area contributed by atoms with Crippen molar-refractivity contribution in [3.05, 3.63) is 83.8 Å². The number of hydrogen-bond donors (Lipinski definition) is 3. The molecule has 3 aromatic rings. The second kappa shape index (κ2) is 12.6. The number of nitrogens with one attached hydrogen (secondary N) is 3. The molecule has 2 aromatic carbocycles. The van der Waals surface area contributed by atoms with Gasteiger partial charge in [0.15, 0.2) is 5.82 Å². The zero-order chi connectivity index (χ0) is 29.6. The fourth-order valence-electron chi connectivity index (χ4n) is 4.64. The molecule has 218 valence electrons. The van der Waals surface area contributed by atoms with Crippen molar-refractivity contribution in [3.63, 3.8) is 0 Å². The van der Waals surface area contributed by atoms with E-state index >= 15 is 0 Å². The van der Waals surface area contributed by atoms with Gasteiger partial charge >= 0.3 is 6.09 Å². The Labute approximate surface area is 240 Å². The summed E-state index contributed by atoms with van der Waals surface area (Å²) in [6, 6.07) is 16.9. The normalized spacial score (nSPS) is 15.5. The maximum Gasteiger partial charge on any atom is 0.408 e. The molecule has 10 heteroatoms. The molecule has 0 spiro atoms. The van der Waals surface area contributed by atoms with Gasteiger partial charge in [0.2, 0.25) is 5.91 Å². The van der Waals surface area contributed by atoms with Crippen molar-refractivity contribution in [2.45, 2.75) is 77.3 Å². The summed E-state index contributed by atoms with van der Waals surface area (Å²) >= 11 is 0. The van der Waals surface area contributed by atoms with Gasteiger partial charge in [0, 0.05) is 6.20 Å². The smallest absolute Gasteiger partial charge is 0.408 e. The van der Waals surface area contributed by atoms with Crippen molar-refractivity contribution in [2.75, 3.05) is 11.9 Å². The Kier molecular flexibility index (Phi) is 9.12. The summed E-state index contributed by atoms with van der Waals surface area (Å²) in [7, 11) is 0. The van der Waals surface area contributed by atoms with E-state index in [1.54, 1.807) is 33.3 Å². The van der Waals surface area contributed by atoms with E-state index in [9.17, 15) is 14.4 Å². The summed E-state index contributed by atoms with van der Waals surface area (Å²) in [6.07, 6.45) is 4.70. The molecule has 1 heterocycles. The van der Waals surface area contributed by atoms with Crippen LogP contribution in [0.5, 0.6) is 0 Å². The number of carbonyl (C=O) groups is 3. The Balaban J connectivity index is 1.43. The van der Waals surface area contributed by atoms with Crippen LogP contribution in [0, 0.1) is 0 Å². The molecule has 0 bridgehead atoms. The third kappa shape index (κ3) is 8.17. The van der Waals surface area contributed by atoms with Gasteiger partial charge < -0.3 is 30.0 Å². The topological polar surface area (TPSA) is 124 Å². The summed E-state index contributed by atoms with van der Waals surface area (Å²) < 4.78 is 13.1. The molecule has 0 fully saturated rings. The Hall–Kier alpha value is -4.18. The van der Waals surface area contributed by atoms with Crippen molar-refractivity contribution < 1.29 is 23.9 Å². The summed E-state index contributed by atoms with van der Waals surface area (Å²) in [5.74, 6) is -0.690. The molecule has 1 aromatic heterocycles. The van der Waals surface area contributed by atoms with Crippen LogP contribution < -0.4 is 16.0 Å². The summed E-state index contributed by atoms with van der Waals surface area (Å²) in [6.45, 7) is 8.44. The fraction of sp³-hybridized carbons (Fsp3) is 0.419. The van der Waals surface area contributed by atoms with Crippen LogP contribution in [0.3, 0.4) is 0 Å². The van der Waals surface area contributed by atoms with Crippen molar-refractivity contribution in [2.24, 2.45) is 0 Å². The first-order valence-electron chi connectivity index (χ1n) is 13.8. The highest BCUT2D eigenvalue weighted by Gasteiger charge is 2.35. The number of nitrogens with zero attached hydrogens (tertiary/aromatic N) is 2. The van der Waals surface area contributed by atoms with Crippen LogP contribution in [-0.4, -0.2) is 51.2 Å². The first kappa shape index (κ1) is 29.8. The van der Waals surface area contributed by atoms with Crippen LogP contribution in [0.25, 0.3) is 0 Å². The van der Waals surface area contributed by atoms with Gasteiger partial charge in [-0.15, -0.1) is 0 Å². The second-order valence-corrected chi connectivity index (χ2v) is 11.7. The molecule has 1 aliphatic carbocycles. The van der Waals surface area contributed by atoms with Crippen LogP contribution in [0.2, 0.25) is 0 Å². The molecule has 0 radical (unpaired) electrons. The van der Waals surface area contributed by atoms with Crippen molar-refractivity contribution >= 4 is 23.7 Å². The van der Waals surface area contributed by atoms with Gasteiger partial charge in [-0.3, -0.25) is 9.59 Å². The molecule has 3 N–H and O–H groups in total. The number of hydrogen-bond acceptors (Lipinski definition) is 6. The predicted octanol–water partition coefficient (Wildman–Crippen LogP) is 4.36. The van der Waals surface area contributed by atoms with E-state index in [-0.39, 0.29) is 19.3 Å². The van der Waals surface area contributed by atoms with E-state index in [4.69, 9.17) is 9.47 Å². The van der Waals surface area contributed by atoms with Crippen LogP contribution >= 0.6 is 0 Å². The SMILES string of the molecule is CC(C)(C)OC(=O)NC(C)(C)C(=O)N[C@H](COCc1ccccc1)C(=O)Nc1cn(C2CCc3ccccc32)cn1. The molecule has 1 aliphatic rings. The molecule has 3 amide bonds. The van der Waals surface area contributed by atoms with E-state index in [0.29, 0.717) is 5.82 Å². The molecule has 1 unspecified atom stereocenters. The van der Waals surface area contributed by atoms with Crippen molar-refractivity contribution in [1.29, 1.82) is 0 Å². The third-order valence-corrected chi connectivity index (χ3v) is 6.71. The quantitative estimate of drug-likeness (QED) is 0.338. The maximum absolute atomic E-state index is 13.4. The molecular formula is C31H39N5O5. The average molecular weight is 562 g/mol. The van der Waals surface area contributed by atoms with E-state index in [1.807, 2.05) is 47.0 Å². The number of rotatable bonds is 10. The number of fused-ring (bicyclic) bond motifs is 1. The average Bonchev–Trinajstić information content (AvgIpc) is 3.54. The Morgan fingerprint density at radius 2 is 1.73 bits per heavy atom. The number of carbonyl (C=O) groups excluding carboxylic acids is 3. The van der Waals surface area contributed by atoms with Crippen LogP contribution in [0.15, 0.2) is 67.1 Å². The second-order valence-electron chi connectivity index (χ2n) is 11.7. The molecule has 0 saturated heterocycles. The molecule has 41 heavy (non-hydrogen) atoms. The Morgan fingerprint density at radius 3 is 2.46 bits per heavy atom. The van der Waals surface area contributed by atoms with E-state index < -0.39 is 35.1 Å². The number of ether oxygens (including phenoxy) is 2. The lowest BCUT2D eigenvalue weighted by atomic mass is 10.0. The molecule has 0 aliphatic heterocycles. The first-order valence-corrected chi connectivity index (χ1v) is 13.8. The zero-order valence-corrected chi connectivity index (χ0v) is 24.3. The third-order valence-electron chi connectivity index (χ3n) is 6.71. The lowest BCUT2D eigenvalue weighted by Gasteiger charge is -2.29. The van der Waals surface area contributed by atoms with Gasteiger partial charge in [-0.25, -0.2) is 9.78 Å². The van der Waals surface area contributed by atoms with Crippen molar-refractivity contribution in [3.8, 4) is 0 Å². The van der Waals surface area contributed by atoms with Crippen LogP contribution in [-0.2, 0) is 32.1 Å². The van der Waals surface area contributed by atoms with Gasteiger partial charge in [-0.1, -0.05) is 54.6 Å². The lowest BCUT2D eigenvalue weighted by Crippen LogP contribution is -2.59. The molecule has 4 rings (SSSR count). The van der Waals surface area contributed by atoms with Gasteiger partial charge in [0.25, 0.3) is 5.91 Å². The molecular weight excluding hydrogens is 522 g/mol. The highest BCUT2D eigenvalue weighted by Crippen LogP contribution is 2.34. The van der Waals surface area contributed by atoms with Gasteiger partial charge in [0.1, 0.15) is 17.2 Å². The number of alkyl carbamates (subject to hydrolysis) is 1. The minimum atomic E-state index is -1.36. The highest BCUT2D eigenvalue weighted by molar-refractivity contribution is 5.98. The van der Waals surface area contributed by atoms with Crippen LogP contribution in [0.1, 0.15) is 63.8 Å². The molecule has 10 nitrogen and oxygen atoms in total. The zero-order valence-electron chi connectivity index (χ0n) is 24.3. The van der Waals surface area contributed by atoms with E-state index in [1.165, 1.54) is 25.0 Å². The Morgan fingerprint density at radius 1 is 1.02 bits per heavy atom. The largest absolute Gasteiger partial charge is 0.444 e. The number of aryl methyl sites for hydroxylation is 1. The van der Waals surface area contributed by atoms with E-state index in [2.05, 4.69) is 33.1 Å². The predicted molar refractivity (Wildman–Crippen MR) is 155 cm³/mol. The minimum Gasteiger partial charge on any atom is -0.444 e. The van der Waals surface area contributed by atoms with E-state index in [0.717, 1.165) is 18.4 Å². The summed E-state index contributed by atoms with van der Waals surface area (Å²) in [4.78, 5) is 43.3. The number of amides is 3. The summed E-state index contributed by atoms with van der Waals surface area (Å²) in [5, 5.41) is 8.11. The van der Waals surface area contributed by atoms with Gasteiger partial charge in [0.05, 0.1) is 25.6 Å². The number of imidazole rings is 1. The Bertz CT molecular complexity index is 1360. The minimum absolute atomic E-state index is 0.0916. The van der Waals surface area contributed by atoms with Gasteiger partial charge in [-0.2, -0.15) is 0 Å². The lowest BCUT2D eigenvalue weighted by molar-refractivity contribution is -0.131. The maximum atomic E-state index is 13.4. The summed E-state index contributed by atoms with van der Waals surface area (Å²) in [5.41, 5.74) is 1.41. The van der Waals surface area contributed by atoms with Crippen molar-refractivity contribution in [1.82, 2.24) is 20.2 Å². The molecule has 2 atom stereocenters. The standard InChI is InChI=1S/C31H39N5O5/c1-30(2,3)41-29(39)35-31(4,5)28(38)33-24(19-40-18-21-11-7-6-8-12-21)27(37)34-26-17-36(20-32-26)25-16-15-22-13-9-10-14-23(22)25/h6-14,17,20,24-25H,15-16,18-19H2,1-5H3,(H,33,38)(H,34,37)(H,35,39)/t24-,25?/m1/s1. The number of anilines is 1. The number of aromatic nitrogens is 2. The number of benzene rings is 2. The fourth-order valence-corrected chi connectivity index (χ4v) is 4.64. The monoisotopic (exact) mass is 561 g/mol. The van der Waals surface area contributed by atoms with Crippen LogP contribution in [0.4, 0.5) is 10.6 Å². The highest BCUT2D eigenvalue weighted by atomic mass is 16.6.